The summed E-state index contributed by atoms with van der Waals surface area (Å²) in [6.45, 7) is 0. The van der Waals surface area contributed by atoms with E-state index in [-0.39, 0.29) is 22.9 Å². The molecule has 0 aliphatic carbocycles. The van der Waals surface area contributed by atoms with Crippen molar-refractivity contribution in [2.75, 3.05) is 11.6 Å². The summed E-state index contributed by atoms with van der Waals surface area (Å²) >= 11 is 5.38. The van der Waals surface area contributed by atoms with Crippen molar-refractivity contribution in [3.8, 4) is 0 Å². The zero-order valence-electron chi connectivity index (χ0n) is 8.52. The van der Waals surface area contributed by atoms with Crippen molar-refractivity contribution in [3.63, 3.8) is 0 Å². The number of halogens is 1. The first-order valence-electron chi connectivity index (χ1n) is 4.60. The number of benzene rings is 1. The van der Waals surface area contributed by atoms with Crippen LogP contribution in [0.3, 0.4) is 0 Å². The van der Waals surface area contributed by atoms with Crippen molar-refractivity contribution in [1.82, 2.24) is 0 Å². The molecule has 1 rings (SSSR count). The molecule has 0 bridgehead atoms. The quantitative estimate of drug-likeness (QED) is 0.802. The maximum absolute atomic E-state index is 11.5. The van der Waals surface area contributed by atoms with Crippen LogP contribution in [0.5, 0.6) is 0 Å². The van der Waals surface area contributed by atoms with Crippen molar-refractivity contribution in [3.05, 3.63) is 35.4 Å². The van der Waals surface area contributed by atoms with E-state index < -0.39 is 15.7 Å². The van der Waals surface area contributed by atoms with Crippen LogP contribution < -0.4 is 5.73 Å². The Hall–Kier alpha value is -1.07. The number of primary amides is 1. The number of nitrogens with two attached hydrogens (primary N) is 1. The van der Waals surface area contributed by atoms with Crippen LogP contribution in [0.15, 0.2) is 24.3 Å². The maximum atomic E-state index is 11.5. The Bertz CT molecular complexity index is 485. The molecular weight excluding hydrogens is 250 g/mol. The van der Waals surface area contributed by atoms with Gasteiger partial charge in [0.2, 0.25) is 5.91 Å². The smallest absolute Gasteiger partial charge is 0.249 e. The van der Waals surface area contributed by atoms with E-state index >= 15 is 0 Å². The molecule has 1 aromatic rings. The molecule has 88 valence electrons. The summed E-state index contributed by atoms with van der Waals surface area (Å²) < 4.78 is 23.1. The Kier molecular flexibility index (Phi) is 4.32. The van der Waals surface area contributed by atoms with E-state index in [1.807, 2.05) is 0 Å². The van der Waals surface area contributed by atoms with Crippen molar-refractivity contribution in [1.29, 1.82) is 0 Å². The van der Waals surface area contributed by atoms with Crippen molar-refractivity contribution < 1.29 is 13.2 Å². The number of alkyl halides is 1. The minimum Gasteiger partial charge on any atom is -0.366 e. The fraction of sp³-hybridized carbons (Fsp3) is 0.300. The molecule has 4 nitrogen and oxygen atoms in total. The molecule has 6 heteroatoms. The number of rotatable bonds is 5. The molecule has 0 atom stereocenters. The Morgan fingerprint density at radius 3 is 2.50 bits per heavy atom. The Morgan fingerprint density at radius 2 is 1.94 bits per heavy atom. The van der Waals surface area contributed by atoms with Crippen LogP contribution in [0.2, 0.25) is 0 Å². The molecule has 0 heterocycles. The second kappa shape index (κ2) is 5.32. The fourth-order valence-corrected chi connectivity index (χ4v) is 3.12. The summed E-state index contributed by atoms with van der Waals surface area (Å²) in [6.07, 6.45) is 0. The summed E-state index contributed by atoms with van der Waals surface area (Å²) in [5.74, 6) is -0.904. The molecule has 0 unspecified atom stereocenters. The average molecular weight is 262 g/mol. The van der Waals surface area contributed by atoms with Gasteiger partial charge in [0.25, 0.3) is 0 Å². The van der Waals surface area contributed by atoms with Gasteiger partial charge in [-0.05, 0) is 11.6 Å². The third-order valence-electron chi connectivity index (χ3n) is 2.05. The molecule has 16 heavy (non-hydrogen) atoms. The number of amides is 1. The van der Waals surface area contributed by atoms with Crippen LogP contribution in [-0.2, 0) is 15.6 Å². The van der Waals surface area contributed by atoms with Gasteiger partial charge in [-0.3, -0.25) is 4.79 Å². The topological polar surface area (TPSA) is 77.2 Å². The molecule has 2 N–H and O–H groups in total. The van der Waals surface area contributed by atoms with Crippen LogP contribution in [-0.4, -0.2) is 26.0 Å². The van der Waals surface area contributed by atoms with Crippen LogP contribution >= 0.6 is 11.6 Å². The van der Waals surface area contributed by atoms with Crippen LogP contribution in [0, 0.1) is 0 Å². The fourth-order valence-electron chi connectivity index (χ4n) is 1.31. The van der Waals surface area contributed by atoms with Gasteiger partial charge in [0.05, 0.1) is 11.5 Å². The lowest BCUT2D eigenvalue weighted by molar-refractivity contribution is 0.0999. The maximum Gasteiger partial charge on any atom is 0.249 e. The highest BCUT2D eigenvalue weighted by Gasteiger charge is 2.15. The SMILES string of the molecule is NC(=O)c1ccccc1CS(=O)(=O)CCCl. The first-order chi connectivity index (χ1) is 7.46. The third kappa shape index (κ3) is 3.50. The lowest BCUT2D eigenvalue weighted by Crippen LogP contribution is -2.17. The largest absolute Gasteiger partial charge is 0.366 e. The highest BCUT2D eigenvalue weighted by atomic mass is 35.5. The first kappa shape index (κ1) is 13.0. The van der Waals surface area contributed by atoms with Crippen LogP contribution in [0.25, 0.3) is 0 Å². The van der Waals surface area contributed by atoms with Crippen molar-refractivity contribution >= 4 is 27.3 Å². The second-order valence-corrected chi connectivity index (χ2v) is 5.86. The van der Waals surface area contributed by atoms with E-state index in [9.17, 15) is 13.2 Å². The van der Waals surface area contributed by atoms with E-state index in [1.165, 1.54) is 6.07 Å². The predicted octanol–water partition coefficient (Wildman–Crippen LogP) is 0.939. The molecule has 0 aliphatic heterocycles. The normalized spacial score (nSPS) is 11.3. The van der Waals surface area contributed by atoms with Crippen LogP contribution in [0.4, 0.5) is 0 Å². The number of hydrogen-bond acceptors (Lipinski definition) is 3. The summed E-state index contributed by atoms with van der Waals surface area (Å²) in [5.41, 5.74) is 5.80. The molecule has 0 saturated heterocycles. The van der Waals surface area contributed by atoms with Crippen molar-refractivity contribution in [2.45, 2.75) is 5.75 Å². The summed E-state index contributed by atoms with van der Waals surface area (Å²) in [6, 6.07) is 6.38. The number of carbonyl (C=O) groups is 1. The molecule has 0 fully saturated rings. The average Bonchev–Trinajstić information content (AvgIpc) is 2.17. The van der Waals surface area contributed by atoms with E-state index in [0.29, 0.717) is 5.56 Å². The Labute approximate surface area is 99.3 Å². The van der Waals surface area contributed by atoms with E-state index in [1.54, 1.807) is 18.2 Å². The molecule has 0 radical (unpaired) electrons. The monoisotopic (exact) mass is 261 g/mol. The van der Waals surface area contributed by atoms with Crippen molar-refractivity contribution in [2.24, 2.45) is 5.73 Å². The van der Waals surface area contributed by atoms with Gasteiger partial charge in [0.1, 0.15) is 0 Å². The minimum absolute atomic E-state index is 0.0427. The molecule has 0 aliphatic rings. The molecule has 0 aromatic heterocycles. The van der Waals surface area contributed by atoms with Gasteiger partial charge in [-0.25, -0.2) is 8.42 Å². The van der Waals surface area contributed by atoms with Gasteiger partial charge in [0, 0.05) is 11.4 Å². The standard InChI is InChI=1S/C10H12ClNO3S/c11-5-6-16(14,15)7-8-3-1-2-4-9(8)10(12)13/h1-4H,5-7H2,(H2,12,13). The Morgan fingerprint density at radius 1 is 1.31 bits per heavy atom. The zero-order chi connectivity index (χ0) is 12.2. The van der Waals surface area contributed by atoms with Gasteiger partial charge in [0.15, 0.2) is 9.84 Å². The first-order valence-corrected chi connectivity index (χ1v) is 6.96. The molecular formula is C10H12ClNO3S. The zero-order valence-corrected chi connectivity index (χ0v) is 10.1. The second-order valence-electron chi connectivity index (χ2n) is 3.30. The highest BCUT2D eigenvalue weighted by Crippen LogP contribution is 2.12. The number of carbonyl (C=O) groups excluding carboxylic acids is 1. The van der Waals surface area contributed by atoms with Crippen LogP contribution in [0.1, 0.15) is 15.9 Å². The summed E-state index contributed by atoms with van der Waals surface area (Å²) in [5, 5.41) is 0. The molecule has 0 saturated carbocycles. The molecule has 1 aromatic carbocycles. The lowest BCUT2D eigenvalue weighted by Gasteiger charge is -2.06. The third-order valence-corrected chi connectivity index (χ3v) is 4.04. The predicted molar refractivity (Wildman–Crippen MR) is 63.2 cm³/mol. The number of sulfone groups is 1. The summed E-state index contributed by atoms with van der Waals surface area (Å²) in [7, 11) is -3.28. The lowest BCUT2D eigenvalue weighted by atomic mass is 10.1. The molecule has 1 amide bonds. The van der Waals surface area contributed by atoms with E-state index in [0.717, 1.165) is 0 Å². The highest BCUT2D eigenvalue weighted by molar-refractivity contribution is 7.90. The van der Waals surface area contributed by atoms with Gasteiger partial charge in [-0.15, -0.1) is 11.6 Å². The Balaban J connectivity index is 3.02. The summed E-state index contributed by atoms with van der Waals surface area (Å²) in [4.78, 5) is 11.1. The molecule has 0 spiro atoms. The minimum atomic E-state index is -3.28. The van der Waals surface area contributed by atoms with Gasteiger partial charge in [-0.1, -0.05) is 18.2 Å². The van der Waals surface area contributed by atoms with E-state index in [4.69, 9.17) is 17.3 Å². The number of hydrogen-bond donors (Lipinski definition) is 1. The van der Waals surface area contributed by atoms with E-state index in [2.05, 4.69) is 0 Å². The van der Waals surface area contributed by atoms with Gasteiger partial charge in [-0.2, -0.15) is 0 Å². The van der Waals surface area contributed by atoms with Gasteiger partial charge < -0.3 is 5.73 Å². The van der Waals surface area contributed by atoms with Gasteiger partial charge >= 0.3 is 0 Å².